The van der Waals surface area contributed by atoms with Crippen LogP contribution >= 0.6 is 0 Å². The van der Waals surface area contributed by atoms with Crippen molar-refractivity contribution in [3.8, 4) is 0 Å². The molecule has 16 heavy (non-hydrogen) atoms. The van der Waals surface area contributed by atoms with Crippen LogP contribution in [-0.4, -0.2) is 30.8 Å². The predicted molar refractivity (Wildman–Crippen MR) is 60.1 cm³/mol. The highest BCUT2D eigenvalue weighted by molar-refractivity contribution is 5.96. The van der Waals surface area contributed by atoms with Crippen LogP contribution in [0.5, 0.6) is 0 Å². The number of ether oxygens (including phenoxy) is 1. The fourth-order valence-corrected chi connectivity index (χ4v) is 1.97. The third-order valence-electron chi connectivity index (χ3n) is 2.69. The zero-order valence-electron chi connectivity index (χ0n) is 9.22. The van der Waals surface area contributed by atoms with Crippen molar-refractivity contribution in [3.63, 3.8) is 0 Å². The number of hydrogen-bond acceptors (Lipinski definition) is 3. The molecule has 1 saturated heterocycles. The molecule has 1 aromatic carbocycles. The zero-order chi connectivity index (χ0) is 11.5. The monoisotopic (exact) mass is 221 g/mol. The quantitative estimate of drug-likeness (QED) is 0.826. The molecule has 0 aromatic heterocycles. The van der Waals surface area contributed by atoms with E-state index in [9.17, 15) is 9.90 Å². The van der Waals surface area contributed by atoms with Crippen molar-refractivity contribution >= 4 is 11.6 Å². The zero-order valence-corrected chi connectivity index (χ0v) is 9.22. The van der Waals surface area contributed by atoms with Gasteiger partial charge in [-0.25, -0.2) is 0 Å². The number of hydrogen-bond donors (Lipinski definition) is 1. The van der Waals surface area contributed by atoms with Crippen molar-refractivity contribution < 1.29 is 14.6 Å². The van der Waals surface area contributed by atoms with E-state index in [0.29, 0.717) is 13.2 Å². The highest BCUT2D eigenvalue weighted by atomic mass is 16.5. The summed E-state index contributed by atoms with van der Waals surface area (Å²) in [7, 11) is 1.62. The fraction of sp³-hybridized carbons (Fsp3) is 0.417. The lowest BCUT2D eigenvalue weighted by atomic mass is 10.1. The second-order valence-corrected chi connectivity index (χ2v) is 3.92. The van der Waals surface area contributed by atoms with Crippen LogP contribution in [0.15, 0.2) is 24.3 Å². The van der Waals surface area contributed by atoms with Crippen LogP contribution in [0, 0.1) is 0 Å². The van der Waals surface area contributed by atoms with Gasteiger partial charge in [-0.15, -0.1) is 0 Å². The maximum absolute atomic E-state index is 11.7. The van der Waals surface area contributed by atoms with Crippen LogP contribution in [0.25, 0.3) is 0 Å². The van der Waals surface area contributed by atoms with E-state index >= 15 is 0 Å². The molecule has 86 valence electrons. The average Bonchev–Trinajstić information content (AvgIpc) is 2.59. The van der Waals surface area contributed by atoms with E-state index in [2.05, 4.69) is 0 Å². The van der Waals surface area contributed by atoms with Gasteiger partial charge in [0.05, 0.1) is 25.7 Å². The van der Waals surface area contributed by atoms with Crippen LogP contribution in [0.2, 0.25) is 0 Å². The normalized spacial score (nSPS) is 20.5. The minimum atomic E-state index is -0.553. The summed E-state index contributed by atoms with van der Waals surface area (Å²) >= 11 is 0. The number of rotatable bonds is 3. The fourth-order valence-electron chi connectivity index (χ4n) is 1.97. The minimum absolute atomic E-state index is 0.0314. The number of anilines is 1. The predicted octanol–water partition coefficient (Wildman–Crippen LogP) is 0.931. The Morgan fingerprint density at radius 3 is 2.88 bits per heavy atom. The summed E-state index contributed by atoms with van der Waals surface area (Å²) < 4.78 is 5.09. The summed E-state index contributed by atoms with van der Waals surface area (Å²) in [5.74, 6) is -0.0314. The number of carbonyl (C=O) groups is 1. The summed E-state index contributed by atoms with van der Waals surface area (Å²) in [6.45, 7) is 0.843. The lowest BCUT2D eigenvalue weighted by Crippen LogP contribution is -2.26. The van der Waals surface area contributed by atoms with Crippen molar-refractivity contribution in [1.82, 2.24) is 0 Å². The molecule has 1 amide bonds. The lowest BCUT2D eigenvalue weighted by Gasteiger charge is -2.19. The number of methoxy groups -OCH3 is 1. The summed E-state index contributed by atoms with van der Waals surface area (Å²) in [6, 6.07) is 7.60. The molecule has 0 bridgehead atoms. The molecule has 0 saturated carbocycles. The second kappa shape index (κ2) is 4.63. The number of carbonyl (C=O) groups excluding carboxylic acids is 1. The Balaban J connectivity index is 2.29. The topological polar surface area (TPSA) is 49.8 Å². The SMILES string of the molecule is COCc1ccccc1N1CC(O)CC1=O. The Kier molecular flexibility index (Phi) is 3.22. The van der Waals surface area contributed by atoms with Gasteiger partial charge in [0.25, 0.3) is 0 Å². The summed E-state index contributed by atoms with van der Waals surface area (Å²) in [5.41, 5.74) is 1.80. The second-order valence-electron chi connectivity index (χ2n) is 3.92. The molecule has 4 heteroatoms. The molecular weight excluding hydrogens is 206 g/mol. The highest BCUT2D eigenvalue weighted by Gasteiger charge is 2.30. The van der Waals surface area contributed by atoms with Gasteiger partial charge in [-0.2, -0.15) is 0 Å². The third kappa shape index (κ3) is 2.08. The minimum Gasteiger partial charge on any atom is -0.391 e. The molecule has 1 heterocycles. The van der Waals surface area contributed by atoms with Crippen LogP contribution < -0.4 is 4.90 Å². The molecule has 1 unspecified atom stereocenters. The molecule has 0 aliphatic carbocycles. The van der Waals surface area contributed by atoms with Gasteiger partial charge < -0.3 is 14.7 Å². The Morgan fingerprint density at radius 1 is 1.50 bits per heavy atom. The number of aliphatic hydroxyl groups excluding tert-OH is 1. The first-order chi connectivity index (χ1) is 7.72. The molecule has 4 nitrogen and oxygen atoms in total. The van der Waals surface area contributed by atoms with Crippen LogP contribution in [0.1, 0.15) is 12.0 Å². The Hall–Kier alpha value is -1.39. The molecule has 1 aromatic rings. The standard InChI is InChI=1S/C12H15NO3/c1-16-8-9-4-2-3-5-11(9)13-7-10(14)6-12(13)15/h2-5,10,14H,6-8H2,1H3. The first kappa shape index (κ1) is 11.1. The van der Waals surface area contributed by atoms with Gasteiger partial charge in [0.1, 0.15) is 0 Å². The van der Waals surface area contributed by atoms with Crippen LogP contribution in [0.4, 0.5) is 5.69 Å². The van der Waals surface area contributed by atoms with E-state index in [1.54, 1.807) is 12.0 Å². The van der Waals surface area contributed by atoms with E-state index in [4.69, 9.17) is 4.74 Å². The van der Waals surface area contributed by atoms with E-state index in [-0.39, 0.29) is 12.3 Å². The molecule has 1 atom stereocenters. The van der Waals surface area contributed by atoms with E-state index in [1.165, 1.54) is 0 Å². The first-order valence-corrected chi connectivity index (χ1v) is 5.27. The van der Waals surface area contributed by atoms with Gasteiger partial charge in [-0.3, -0.25) is 4.79 Å². The molecule has 1 fully saturated rings. The number of benzene rings is 1. The van der Waals surface area contributed by atoms with Crippen molar-refractivity contribution in [3.05, 3.63) is 29.8 Å². The van der Waals surface area contributed by atoms with Crippen molar-refractivity contribution in [1.29, 1.82) is 0 Å². The lowest BCUT2D eigenvalue weighted by molar-refractivity contribution is -0.117. The van der Waals surface area contributed by atoms with E-state index < -0.39 is 6.10 Å². The number of nitrogens with zero attached hydrogens (tertiary/aromatic N) is 1. The van der Waals surface area contributed by atoms with Crippen LogP contribution in [-0.2, 0) is 16.1 Å². The smallest absolute Gasteiger partial charge is 0.229 e. The van der Waals surface area contributed by atoms with Gasteiger partial charge in [0, 0.05) is 18.4 Å². The summed E-state index contributed by atoms with van der Waals surface area (Å²) in [5, 5.41) is 9.46. The van der Waals surface area contributed by atoms with Gasteiger partial charge in [0.15, 0.2) is 0 Å². The number of β-amino-alcohol motifs (C(OH)–C–C–N with tert-alkyl or cyclic N) is 1. The third-order valence-corrected chi connectivity index (χ3v) is 2.69. The summed E-state index contributed by atoms with van der Waals surface area (Å²) in [4.78, 5) is 13.3. The Morgan fingerprint density at radius 2 is 2.25 bits per heavy atom. The van der Waals surface area contributed by atoms with Gasteiger partial charge in [0.2, 0.25) is 5.91 Å². The first-order valence-electron chi connectivity index (χ1n) is 5.27. The van der Waals surface area contributed by atoms with Gasteiger partial charge in [-0.05, 0) is 6.07 Å². The highest BCUT2D eigenvalue weighted by Crippen LogP contribution is 2.25. The van der Waals surface area contributed by atoms with E-state index in [0.717, 1.165) is 11.3 Å². The Labute approximate surface area is 94.4 Å². The molecule has 1 aliphatic heterocycles. The average molecular weight is 221 g/mol. The van der Waals surface area contributed by atoms with E-state index in [1.807, 2.05) is 24.3 Å². The number of para-hydroxylation sites is 1. The molecule has 0 spiro atoms. The largest absolute Gasteiger partial charge is 0.391 e. The van der Waals surface area contributed by atoms with Crippen LogP contribution in [0.3, 0.4) is 0 Å². The van der Waals surface area contributed by atoms with Crippen molar-refractivity contribution in [2.75, 3.05) is 18.6 Å². The van der Waals surface area contributed by atoms with Crippen molar-refractivity contribution in [2.24, 2.45) is 0 Å². The number of amides is 1. The molecule has 1 aliphatic rings. The molecule has 2 rings (SSSR count). The molecule has 1 N–H and O–H groups in total. The van der Waals surface area contributed by atoms with Gasteiger partial charge in [-0.1, -0.05) is 18.2 Å². The Bertz CT molecular complexity index is 392. The number of aliphatic hydroxyl groups is 1. The summed E-state index contributed by atoms with van der Waals surface area (Å²) in [6.07, 6.45) is -0.343. The maximum Gasteiger partial charge on any atom is 0.229 e. The van der Waals surface area contributed by atoms with Gasteiger partial charge >= 0.3 is 0 Å². The van der Waals surface area contributed by atoms with Crippen molar-refractivity contribution in [2.45, 2.75) is 19.1 Å². The molecular formula is C12H15NO3. The molecule has 0 radical (unpaired) electrons. The maximum atomic E-state index is 11.7.